The molecule has 0 unspecified atom stereocenters. The van der Waals surface area contributed by atoms with Crippen molar-refractivity contribution >= 4 is 36.2 Å². The molecule has 23 heavy (non-hydrogen) atoms. The van der Waals surface area contributed by atoms with Crippen LogP contribution in [0.25, 0.3) is 10.6 Å². The standard InChI is InChI=1S/C16H19N3OS.2ClH/c1-2-4-12(5-3-1)16-18-13(11-21-16)8-19-9-14-15(10-19)20-7-6-17-14;;/h1-5,11,14-15,17H,6-10H2;2*1H/t14-,15-;;/m0../s1. The second kappa shape index (κ2) is 8.42. The largest absolute Gasteiger partial charge is 0.374 e. The number of benzene rings is 1. The molecule has 1 aromatic heterocycles. The predicted molar refractivity (Wildman–Crippen MR) is 98.9 cm³/mol. The van der Waals surface area contributed by atoms with E-state index in [1.807, 2.05) is 6.07 Å². The number of hydrogen-bond donors (Lipinski definition) is 1. The Morgan fingerprint density at radius 3 is 2.83 bits per heavy atom. The monoisotopic (exact) mass is 373 g/mol. The van der Waals surface area contributed by atoms with E-state index in [1.54, 1.807) is 11.3 Å². The van der Waals surface area contributed by atoms with Crippen molar-refractivity contribution in [2.45, 2.75) is 18.7 Å². The number of aromatic nitrogens is 1. The topological polar surface area (TPSA) is 37.4 Å². The van der Waals surface area contributed by atoms with Gasteiger partial charge in [-0.2, -0.15) is 0 Å². The first kappa shape index (κ1) is 18.6. The zero-order chi connectivity index (χ0) is 14.1. The number of morpholine rings is 1. The minimum absolute atomic E-state index is 0. The fourth-order valence-electron chi connectivity index (χ4n) is 3.12. The first-order valence-corrected chi connectivity index (χ1v) is 8.33. The molecule has 7 heteroatoms. The van der Waals surface area contributed by atoms with Gasteiger partial charge in [-0.25, -0.2) is 4.98 Å². The number of nitrogens with one attached hydrogen (secondary N) is 1. The van der Waals surface area contributed by atoms with Crippen LogP contribution < -0.4 is 5.32 Å². The Bertz CT molecular complexity index is 596. The minimum atomic E-state index is 0. The fraction of sp³-hybridized carbons (Fsp3) is 0.438. The summed E-state index contributed by atoms with van der Waals surface area (Å²) in [4.78, 5) is 7.22. The molecule has 3 heterocycles. The molecular formula is C16H21Cl2N3OS. The highest BCUT2D eigenvalue weighted by molar-refractivity contribution is 7.13. The average Bonchev–Trinajstić information content (AvgIpc) is 3.14. The maximum Gasteiger partial charge on any atom is 0.123 e. The molecule has 1 N–H and O–H groups in total. The van der Waals surface area contributed by atoms with E-state index >= 15 is 0 Å². The van der Waals surface area contributed by atoms with Crippen molar-refractivity contribution < 1.29 is 4.74 Å². The number of rotatable bonds is 3. The highest BCUT2D eigenvalue weighted by atomic mass is 35.5. The zero-order valence-corrected chi connectivity index (χ0v) is 15.1. The lowest BCUT2D eigenvalue weighted by molar-refractivity contribution is 0.0175. The zero-order valence-electron chi connectivity index (χ0n) is 12.7. The summed E-state index contributed by atoms with van der Waals surface area (Å²) < 4.78 is 5.82. The van der Waals surface area contributed by atoms with Crippen molar-refractivity contribution in [2.24, 2.45) is 0 Å². The van der Waals surface area contributed by atoms with E-state index in [2.05, 4.69) is 39.9 Å². The summed E-state index contributed by atoms with van der Waals surface area (Å²) in [5.74, 6) is 0. The first-order chi connectivity index (χ1) is 10.4. The molecule has 2 aliphatic heterocycles. The lowest BCUT2D eigenvalue weighted by Gasteiger charge is -2.25. The predicted octanol–water partition coefficient (Wildman–Crippen LogP) is 2.83. The van der Waals surface area contributed by atoms with Crippen LogP contribution in [0.3, 0.4) is 0 Å². The molecule has 2 aliphatic rings. The van der Waals surface area contributed by atoms with Gasteiger partial charge in [-0.05, 0) is 0 Å². The summed E-state index contributed by atoms with van der Waals surface area (Å²) in [6.07, 6.45) is 0.353. The summed E-state index contributed by atoms with van der Waals surface area (Å²) >= 11 is 1.73. The maximum atomic E-state index is 5.82. The number of nitrogens with zero attached hydrogens (tertiary/aromatic N) is 2. The summed E-state index contributed by atoms with van der Waals surface area (Å²) in [5.41, 5.74) is 2.37. The van der Waals surface area contributed by atoms with E-state index < -0.39 is 0 Å². The van der Waals surface area contributed by atoms with Crippen LogP contribution in [0.1, 0.15) is 5.69 Å². The fourth-order valence-corrected chi connectivity index (χ4v) is 3.94. The molecule has 2 atom stereocenters. The normalized spacial score (nSPS) is 23.7. The van der Waals surface area contributed by atoms with E-state index in [9.17, 15) is 0 Å². The molecule has 126 valence electrons. The van der Waals surface area contributed by atoms with Gasteiger partial charge in [0.1, 0.15) is 5.01 Å². The Kier molecular flexibility index (Phi) is 6.83. The Balaban J connectivity index is 0.000000960. The van der Waals surface area contributed by atoms with Crippen molar-refractivity contribution in [3.8, 4) is 10.6 Å². The number of likely N-dealkylation sites (tertiary alicyclic amines) is 1. The van der Waals surface area contributed by atoms with Gasteiger partial charge in [0.2, 0.25) is 0 Å². The molecule has 0 aliphatic carbocycles. The van der Waals surface area contributed by atoms with Crippen molar-refractivity contribution in [1.82, 2.24) is 15.2 Å². The van der Waals surface area contributed by atoms with Gasteiger partial charge in [0.15, 0.2) is 0 Å². The number of hydrogen-bond acceptors (Lipinski definition) is 5. The van der Waals surface area contributed by atoms with Gasteiger partial charge in [0.05, 0.1) is 18.4 Å². The van der Waals surface area contributed by atoms with Gasteiger partial charge in [0.25, 0.3) is 0 Å². The van der Waals surface area contributed by atoms with Crippen LogP contribution in [-0.2, 0) is 11.3 Å². The van der Waals surface area contributed by atoms with Gasteiger partial charge in [-0.3, -0.25) is 4.90 Å². The van der Waals surface area contributed by atoms with Gasteiger partial charge < -0.3 is 10.1 Å². The smallest absolute Gasteiger partial charge is 0.123 e. The van der Waals surface area contributed by atoms with E-state index in [1.165, 1.54) is 5.56 Å². The molecule has 2 aromatic rings. The van der Waals surface area contributed by atoms with Crippen molar-refractivity contribution in [2.75, 3.05) is 26.2 Å². The summed E-state index contributed by atoms with van der Waals surface area (Å²) in [7, 11) is 0. The van der Waals surface area contributed by atoms with Crippen LogP contribution in [0, 0.1) is 0 Å². The molecule has 0 radical (unpaired) electrons. The van der Waals surface area contributed by atoms with Crippen LogP contribution in [0.15, 0.2) is 35.7 Å². The molecule has 0 amide bonds. The molecule has 1 aromatic carbocycles. The summed E-state index contributed by atoms with van der Waals surface area (Å²) in [5, 5.41) is 6.83. The second-order valence-electron chi connectivity index (χ2n) is 5.67. The van der Waals surface area contributed by atoms with E-state index in [4.69, 9.17) is 9.72 Å². The van der Waals surface area contributed by atoms with Crippen LogP contribution >= 0.6 is 36.2 Å². The van der Waals surface area contributed by atoms with Crippen LogP contribution in [0.2, 0.25) is 0 Å². The van der Waals surface area contributed by atoms with E-state index in [0.717, 1.165) is 43.5 Å². The maximum absolute atomic E-state index is 5.82. The Morgan fingerprint density at radius 1 is 1.22 bits per heavy atom. The molecule has 4 rings (SSSR count). The molecule has 2 saturated heterocycles. The molecule has 0 spiro atoms. The van der Waals surface area contributed by atoms with E-state index in [0.29, 0.717) is 12.1 Å². The lowest BCUT2D eigenvalue weighted by atomic mass is 10.2. The highest BCUT2D eigenvalue weighted by Gasteiger charge is 2.35. The minimum Gasteiger partial charge on any atom is -0.374 e. The van der Waals surface area contributed by atoms with E-state index in [-0.39, 0.29) is 24.8 Å². The lowest BCUT2D eigenvalue weighted by Crippen LogP contribution is -2.47. The van der Waals surface area contributed by atoms with Crippen molar-refractivity contribution in [3.05, 3.63) is 41.4 Å². The number of fused-ring (bicyclic) bond motifs is 1. The van der Waals surface area contributed by atoms with Gasteiger partial charge >= 0.3 is 0 Å². The van der Waals surface area contributed by atoms with Gasteiger partial charge in [0, 0.05) is 43.2 Å². The Labute approximate surface area is 153 Å². The molecule has 0 saturated carbocycles. The number of thiazole rings is 1. The van der Waals surface area contributed by atoms with Crippen LogP contribution in [-0.4, -0.2) is 48.3 Å². The van der Waals surface area contributed by atoms with Crippen LogP contribution in [0.5, 0.6) is 0 Å². The third kappa shape index (κ3) is 4.24. The Morgan fingerprint density at radius 2 is 2.04 bits per heavy atom. The highest BCUT2D eigenvalue weighted by Crippen LogP contribution is 2.25. The van der Waals surface area contributed by atoms with Crippen LogP contribution in [0.4, 0.5) is 0 Å². The van der Waals surface area contributed by atoms with Gasteiger partial charge in [-0.15, -0.1) is 36.2 Å². The molecule has 0 bridgehead atoms. The van der Waals surface area contributed by atoms with Gasteiger partial charge in [-0.1, -0.05) is 30.3 Å². The average molecular weight is 374 g/mol. The SMILES string of the molecule is Cl.Cl.c1ccc(-c2nc(CN3C[C@@H]4NCCO[C@H]4C3)cs2)cc1. The molecular weight excluding hydrogens is 353 g/mol. The third-order valence-electron chi connectivity index (χ3n) is 4.14. The number of ether oxygens (including phenoxy) is 1. The van der Waals surface area contributed by atoms with Crippen molar-refractivity contribution in [1.29, 1.82) is 0 Å². The summed E-state index contributed by atoms with van der Waals surface area (Å²) in [6, 6.07) is 10.9. The third-order valence-corrected chi connectivity index (χ3v) is 5.08. The second-order valence-corrected chi connectivity index (χ2v) is 6.53. The quantitative estimate of drug-likeness (QED) is 0.897. The Hall–Kier alpha value is -0.690. The van der Waals surface area contributed by atoms with Crippen molar-refractivity contribution in [3.63, 3.8) is 0 Å². The summed E-state index contributed by atoms with van der Waals surface area (Å²) in [6.45, 7) is 4.80. The first-order valence-electron chi connectivity index (χ1n) is 7.46. The molecule has 2 fully saturated rings. The number of halogens is 2. The molecule has 4 nitrogen and oxygen atoms in total.